The Morgan fingerprint density at radius 1 is 1.69 bits per heavy atom. The molecule has 0 saturated heterocycles. The van der Waals surface area contributed by atoms with Gasteiger partial charge in [0.2, 0.25) is 5.91 Å². The van der Waals surface area contributed by atoms with Crippen molar-refractivity contribution in [3.63, 3.8) is 0 Å². The van der Waals surface area contributed by atoms with Gasteiger partial charge < -0.3 is 16.2 Å². The van der Waals surface area contributed by atoms with Crippen molar-refractivity contribution < 1.29 is 14.7 Å². The molecule has 16 heavy (non-hydrogen) atoms. The van der Waals surface area contributed by atoms with Gasteiger partial charge in [0, 0.05) is 0 Å². The van der Waals surface area contributed by atoms with E-state index in [9.17, 15) is 9.59 Å². The third-order valence-corrected chi connectivity index (χ3v) is 1.74. The number of nitrogens with zero attached hydrogens (tertiary/aromatic N) is 3. The Morgan fingerprint density at radius 3 is 2.94 bits per heavy atom. The number of carboxylic acid groups (broad SMARTS) is 1. The highest BCUT2D eigenvalue weighted by Crippen LogP contribution is 1.92. The number of carboxylic acids is 1. The highest BCUT2D eigenvalue weighted by molar-refractivity contribution is 5.80. The minimum absolute atomic E-state index is 0.181. The number of aliphatic carboxylic acids is 1. The van der Waals surface area contributed by atoms with Crippen LogP contribution in [-0.2, 0) is 22.7 Å². The Balaban J connectivity index is 2.46. The molecule has 0 saturated carbocycles. The number of hydrogen-bond donors (Lipinski definition) is 3. The lowest BCUT2D eigenvalue weighted by Crippen LogP contribution is -2.37. The van der Waals surface area contributed by atoms with Crippen LogP contribution in [0.5, 0.6) is 0 Å². The molecule has 1 amide bonds. The molecule has 8 nitrogen and oxygen atoms in total. The van der Waals surface area contributed by atoms with Gasteiger partial charge in [-0.3, -0.25) is 9.59 Å². The average molecular weight is 227 g/mol. The Kier molecular flexibility index (Phi) is 3.95. The van der Waals surface area contributed by atoms with E-state index in [1.54, 1.807) is 6.92 Å². The van der Waals surface area contributed by atoms with Gasteiger partial charge in [-0.15, -0.1) is 5.10 Å². The number of carbonyl (C=O) groups excluding carboxylic acids is 1. The Morgan fingerprint density at radius 2 is 2.38 bits per heavy atom. The molecule has 1 aromatic rings. The standard InChI is InChI=1S/C8H13N5O3/c1-5(9)8(16)10-2-6-3-13(12-11-6)4-7(14)15/h3,5H,2,4,9H2,1H3,(H,10,16)(H,14,15)/t5-/m0/s1. The monoisotopic (exact) mass is 227 g/mol. The summed E-state index contributed by atoms with van der Waals surface area (Å²) in [5.41, 5.74) is 5.82. The first kappa shape index (κ1) is 12.1. The summed E-state index contributed by atoms with van der Waals surface area (Å²) in [5, 5.41) is 18.3. The zero-order valence-electron chi connectivity index (χ0n) is 8.75. The summed E-state index contributed by atoms with van der Waals surface area (Å²) < 4.78 is 1.18. The highest BCUT2D eigenvalue weighted by Gasteiger charge is 2.08. The zero-order chi connectivity index (χ0) is 12.1. The molecule has 8 heteroatoms. The fourth-order valence-corrected chi connectivity index (χ4v) is 0.974. The normalized spacial score (nSPS) is 12.1. The van der Waals surface area contributed by atoms with Crippen LogP contribution in [0.25, 0.3) is 0 Å². The molecular weight excluding hydrogens is 214 g/mol. The van der Waals surface area contributed by atoms with E-state index in [0.717, 1.165) is 0 Å². The number of nitrogens with two attached hydrogens (primary N) is 1. The summed E-state index contributed by atoms with van der Waals surface area (Å²) >= 11 is 0. The smallest absolute Gasteiger partial charge is 0.325 e. The quantitative estimate of drug-likeness (QED) is 0.552. The molecule has 1 atom stereocenters. The van der Waals surface area contributed by atoms with Crippen molar-refractivity contribution in [1.29, 1.82) is 0 Å². The second-order valence-corrected chi connectivity index (χ2v) is 3.31. The maximum absolute atomic E-state index is 11.1. The van der Waals surface area contributed by atoms with Gasteiger partial charge >= 0.3 is 5.97 Å². The molecule has 0 fully saturated rings. The number of nitrogens with one attached hydrogen (secondary N) is 1. The summed E-state index contributed by atoms with van der Waals surface area (Å²) in [7, 11) is 0. The molecule has 0 aliphatic heterocycles. The molecule has 4 N–H and O–H groups in total. The minimum atomic E-state index is -1.00. The molecule has 0 aromatic carbocycles. The lowest BCUT2D eigenvalue weighted by molar-refractivity contribution is -0.138. The second-order valence-electron chi connectivity index (χ2n) is 3.31. The molecule has 88 valence electrons. The summed E-state index contributed by atoms with van der Waals surface area (Å²) in [6.45, 7) is 1.49. The van der Waals surface area contributed by atoms with Crippen LogP contribution in [0.4, 0.5) is 0 Å². The van der Waals surface area contributed by atoms with E-state index in [1.165, 1.54) is 10.9 Å². The molecule has 1 aromatic heterocycles. The van der Waals surface area contributed by atoms with Crippen LogP contribution in [0.1, 0.15) is 12.6 Å². The Labute approximate surface area is 91.4 Å². The number of carbonyl (C=O) groups is 2. The zero-order valence-corrected chi connectivity index (χ0v) is 8.75. The maximum Gasteiger partial charge on any atom is 0.325 e. The van der Waals surface area contributed by atoms with Crippen LogP contribution in [0.2, 0.25) is 0 Å². The van der Waals surface area contributed by atoms with E-state index in [-0.39, 0.29) is 19.0 Å². The van der Waals surface area contributed by atoms with Gasteiger partial charge in [0.25, 0.3) is 0 Å². The third kappa shape index (κ3) is 3.65. The predicted molar refractivity (Wildman–Crippen MR) is 53.2 cm³/mol. The van der Waals surface area contributed by atoms with Crippen LogP contribution < -0.4 is 11.1 Å². The average Bonchev–Trinajstić information content (AvgIpc) is 2.60. The summed E-state index contributed by atoms with van der Waals surface area (Å²) in [4.78, 5) is 21.5. The lowest BCUT2D eigenvalue weighted by Gasteiger charge is -2.04. The van der Waals surface area contributed by atoms with Crippen molar-refractivity contribution in [3.8, 4) is 0 Å². The Bertz CT molecular complexity index is 387. The summed E-state index contributed by atoms with van der Waals surface area (Å²) in [6.07, 6.45) is 1.45. The van der Waals surface area contributed by atoms with E-state index < -0.39 is 12.0 Å². The van der Waals surface area contributed by atoms with Crippen molar-refractivity contribution in [3.05, 3.63) is 11.9 Å². The molecule has 0 aliphatic rings. The van der Waals surface area contributed by atoms with Crippen LogP contribution in [0.15, 0.2) is 6.20 Å². The van der Waals surface area contributed by atoms with Gasteiger partial charge in [-0.05, 0) is 6.92 Å². The van der Waals surface area contributed by atoms with Crippen molar-refractivity contribution in [2.24, 2.45) is 5.73 Å². The van der Waals surface area contributed by atoms with Crippen LogP contribution in [0, 0.1) is 0 Å². The maximum atomic E-state index is 11.1. The topological polar surface area (TPSA) is 123 Å². The number of aromatic nitrogens is 3. The van der Waals surface area contributed by atoms with Gasteiger partial charge in [0.05, 0.1) is 18.8 Å². The number of hydrogen-bond acceptors (Lipinski definition) is 5. The lowest BCUT2D eigenvalue weighted by atomic mass is 10.3. The molecule has 0 spiro atoms. The van der Waals surface area contributed by atoms with Crippen LogP contribution in [0.3, 0.4) is 0 Å². The van der Waals surface area contributed by atoms with E-state index in [4.69, 9.17) is 10.8 Å². The number of amides is 1. The number of rotatable bonds is 5. The van der Waals surface area contributed by atoms with E-state index in [0.29, 0.717) is 5.69 Å². The fraction of sp³-hybridized carbons (Fsp3) is 0.500. The molecule has 0 aliphatic carbocycles. The van der Waals surface area contributed by atoms with E-state index in [1.807, 2.05) is 0 Å². The first-order chi connectivity index (χ1) is 7.49. The molecule has 0 radical (unpaired) electrons. The van der Waals surface area contributed by atoms with Gasteiger partial charge in [-0.25, -0.2) is 4.68 Å². The highest BCUT2D eigenvalue weighted by atomic mass is 16.4. The van der Waals surface area contributed by atoms with Gasteiger partial charge in [-0.2, -0.15) is 0 Å². The largest absolute Gasteiger partial charge is 0.480 e. The van der Waals surface area contributed by atoms with Crippen LogP contribution >= 0.6 is 0 Å². The second kappa shape index (κ2) is 5.21. The predicted octanol–water partition coefficient (Wildman–Crippen LogP) is -1.67. The third-order valence-electron chi connectivity index (χ3n) is 1.74. The first-order valence-corrected chi connectivity index (χ1v) is 4.63. The molecule has 1 rings (SSSR count). The van der Waals surface area contributed by atoms with E-state index >= 15 is 0 Å². The van der Waals surface area contributed by atoms with Crippen molar-refractivity contribution in [1.82, 2.24) is 20.3 Å². The van der Waals surface area contributed by atoms with Gasteiger partial charge in [0.15, 0.2) is 0 Å². The molecule has 1 heterocycles. The molecule has 0 unspecified atom stereocenters. The summed E-state index contributed by atoms with van der Waals surface area (Å²) in [5.74, 6) is -1.30. The first-order valence-electron chi connectivity index (χ1n) is 4.63. The fourth-order valence-electron chi connectivity index (χ4n) is 0.974. The van der Waals surface area contributed by atoms with Gasteiger partial charge in [-0.1, -0.05) is 5.21 Å². The summed E-state index contributed by atoms with van der Waals surface area (Å²) in [6, 6.07) is -0.589. The van der Waals surface area contributed by atoms with Crippen molar-refractivity contribution >= 4 is 11.9 Å². The SMILES string of the molecule is C[C@H](N)C(=O)NCc1cn(CC(=O)O)nn1. The van der Waals surface area contributed by atoms with E-state index in [2.05, 4.69) is 15.6 Å². The molecular formula is C8H13N5O3. The van der Waals surface area contributed by atoms with Crippen molar-refractivity contribution in [2.45, 2.75) is 26.1 Å². The minimum Gasteiger partial charge on any atom is -0.480 e. The van der Waals surface area contributed by atoms with Crippen LogP contribution in [-0.4, -0.2) is 38.0 Å². The van der Waals surface area contributed by atoms with Crippen molar-refractivity contribution in [2.75, 3.05) is 0 Å². The Hall–Kier alpha value is -1.96. The molecule has 0 bridgehead atoms. The van der Waals surface area contributed by atoms with Gasteiger partial charge in [0.1, 0.15) is 12.2 Å².